The molecule has 0 aromatic heterocycles. The van der Waals surface area contributed by atoms with E-state index in [1.54, 1.807) is 0 Å². The second-order valence-corrected chi connectivity index (χ2v) is 4.41. The van der Waals surface area contributed by atoms with Crippen LogP contribution in [0, 0.1) is 0 Å². The van der Waals surface area contributed by atoms with E-state index in [2.05, 4.69) is 4.90 Å². The van der Waals surface area contributed by atoms with Gasteiger partial charge in [-0.15, -0.1) is 0 Å². The van der Waals surface area contributed by atoms with Gasteiger partial charge in [-0.2, -0.15) is 0 Å². The van der Waals surface area contributed by atoms with Crippen LogP contribution in [0.2, 0.25) is 0 Å². The maximum Gasteiger partial charge on any atom is 0.222 e. The van der Waals surface area contributed by atoms with Crippen LogP contribution < -0.4 is 0 Å². The number of aliphatic hydroxyl groups excluding tert-OH is 1. The van der Waals surface area contributed by atoms with Gasteiger partial charge in [-0.3, -0.25) is 4.79 Å². The molecule has 0 saturated carbocycles. The lowest BCUT2D eigenvalue weighted by molar-refractivity contribution is -0.130. The van der Waals surface area contributed by atoms with Crippen LogP contribution in [0.4, 0.5) is 0 Å². The minimum atomic E-state index is -0.154. The minimum Gasteiger partial charge on any atom is -0.392 e. The van der Waals surface area contributed by atoms with Crippen molar-refractivity contribution in [3.63, 3.8) is 0 Å². The largest absolute Gasteiger partial charge is 0.392 e. The highest BCUT2D eigenvalue weighted by Gasteiger charge is 2.19. The first-order valence-corrected chi connectivity index (χ1v) is 6.35. The zero-order valence-corrected chi connectivity index (χ0v) is 10.5. The topological polar surface area (TPSA) is 43.8 Å². The summed E-state index contributed by atoms with van der Waals surface area (Å²) in [7, 11) is 0. The van der Waals surface area contributed by atoms with Crippen LogP contribution in [0.3, 0.4) is 0 Å². The Morgan fingerprint density at radius 2 is 2.12 bits per heavy atom. The Kier molecular flexibility index (Phi) is 5.77. The smallest absolute Gasteiger partial charge is 0.222 e. The lowest BCUT2D eigenvalue weighted by Crippen LogP contribution is -2.31. The van der Waals surface area contributed by atoms with Crippen molar-refractivity contribution >= 4 is 5.91 Å². The van der Waals surface area contributed by atoms with Crippen molar-refractivity contribution in [3.8, 4) is 0 Å². The average Bonchev–Trinajstić information content (AvgIpc) is 2.66. The Balaban J connectivity index is 2.12. The number of hydrogen-bond donors (Lipinski definition) is 1. The number of aliphatic hydroxyl groups is 1. The fourth-order valence-electron chi connectivity index (χ4n) is 2.20. The molecule has 0 aliphatic carbocycles. The maximum absolute atomic E-state index is 11.7. The van der Waals surface area contributed by atoms with Gasteiger partial charge >= 0.3 is 0 Å². The molecule has 1 aliphatic rings. The normalized spacial score (nSPS) is 21.3. The molecule has 1 atom stereocenters. The number of rotatable bonds is 6. The van der Waals surface area contributed by atoms with Crippen molar-refractivity contribution in [1.29, 1.82) is 0 Å². The van der Waals surface area contributed by atoms with E-state index in [0.29, 0.717) is 6.42 Å². The molecule has 0 aromatic carbocycles. The van der Waals surface area contributed by atoms with Gasteiger partial charge in [0.05, 0.1) is 6.10 Å². The molecule has 16 heavy (non-hydrogen) atoms. The molecule has 1 rings (SSSR count). The van der Waals surface area contributed by atoms with Crippen molar-refractivity contribution < 1.29 is 9.90 Å². The van der Waals surface area contributed by atoms with Crippen LogP contribution in [0.5, 0.6) is 0 Å². The number of β-amino-alcohol motifs (C(OH)–C–C–N with tert-alkyl or cyclic N) is 1. The van der Waals surface area contributed by atoms with Gasteiger partial charge in [0.1, 0.15) is 0 Å². The van der Waals surface area contributed by atoms with Crippen LogP contribution in [0.25, 0.3) is 0 Å². The number of nitrogens with zero attached hydrogens (tertiary/aromatic N) is 2. The first-order chi connectivity index (χ1) is 7.67. The summed E-state index contributed by atoms with van der Waals surface area (Å²) in [5.74, 6) is 0.254. The molecule has 4 nitrogen and oxygen atoms in total. The highest BCUT2D eigenvalue weighted by molar-refractivity contribution is 5.76. The van der Waals surface area contributed by atoms with E-state index >= 15 is 0 Å². The molecule has 1 heterocycles. The summed E-state index contributed by atoms with van der Waals surface area (Å²) in [6.45, 7) is 8.32. The van der Waals surface area contributed by atoms with Gasteiger partial charge in [-0.25, -0.2) is 0 Å². The molecular weight excluding hydrogens is 204 g/mol. The fourth-order valence-corrected chi connectivity index (χ4v) is 2.20. The lowest BCUT2D eigenvalue weighted by atomic mass is 10.2. The monoisotopic (exact) mass is 228 g/mol. The molecule has 0 spiro atoms. The van der Waals surface area contributed by atoms with Gasteiger partial charge < -0.3 is 14.9 Å². The third kappa shape index (κ3) is 4.10. The molecule has 1 unspecified atom stereocenters. The van der Waals surface area contributed by atoms with Crippen molar-refractivity contribution in [1.82, 2.24) is 9.80 Å². The molecule has 4 heteroatoms. The number of amides is 1. The Hall–Kier alpha value is -0.610. The average molecular weight is 228 g/mol. The summed E-state index contributed by atoms with van der Waals surface area (Å²) in [6.07, 6.45) is 2.26. The number of likely N-dealkylation sites (tertiary alicyclic amines) is 1. The van der Waals surface area contributed by atoms with E-state index in [9.17, 15) is 9.90 Å². The van der Waals surface area contributed by atoms with Crippen molar-refractivity contribution in [2.75, 3.05) is 32.7 Å². The van der Waals surface area contributed by atoms with Crippen molar-refractivity contribution in [2.24, 2.45) is 0 Å². The first kappa shape index (κ1) is 13.5. The third-order valence-corrected chi connectivity index (χ3v) is 3.23. The maximum atomic E-state index is 11.7. The highest BCUT2D eigenvalue weighted by atomic mass is 16.3. The summed E-state index contributed by atoms with van der Waals surface area (Å²) in [4.78, 5) is 15.8. The molecule has 94 valence electrons. The van der Waals surface area contributed by atoms with Crippen LogP contribution in [-0.2, 0) is 4.79 Å². The van der Waals surface area contributed by atoms with Gasteiger partial charge in [0.2, 0.25) is 5.91 Å². The van der Waals surface area contributed by atoms with E-state index in [1.165, 1.54) is 0 Å². The van der Waals surface area contributed by atoms with Crippen LogP contribution in [0.15, 0.2) is 0 Å². The van der Waals surface area contributed by atoms with Crippen LogP contribution in [0.1, 0.15) is 33.1 Å². The Labute approximate surface area is 98.2 Å². The predicted octanol–water partition coefficient (Wildman–Crippen LogP) is 0.702. The zero-order valence-electron chi connectivity index (χ0n) is 10.5. The lowest BCUT2D eigenvalue weighted by Gasteiger charge is -2.19. The summed E-state index contributed by atoms with van der Waals surface area (Å²) < 4.78 is 0. The second kappa shape index (κ2) is 6.86. The molecule has 0 aromatic rings. The van der Waals surface area contributed by atoms with E-state index in [4.69, 9.17) is 0 Å². The summed E-state index contributed by atoms with van der Waals surface area (Å²) in [6, 6.07) is 0. The van der Waals surface area contributed by atoms with Gasteiger partial charge in [-0.05, 0) is 33.2 Å². The second-order valence-electron chi connectivity index (χ2n) is 4.41. The summed E-state index contributed by atoms with van der Waals surface area (Å²) in [5, 5.41) is 9.36. The Morgan fingerprint density at radius 3 is 2.62 bits per heavy atom. The number of carbonyl (C=O) groups is 1. The molecular formula is C12H24N2O2. The standard InChI is InChI=1S/C12H24N2O2/c1-3-14(4-2)12(16)6-5-8-13-9-7-11(15)10-13/h11,15H,3-10H2,1-2H3. The molecule has 1 amide bonds. The molecule has 0 radical (unpaired) electrons. The zero-order chi connectivity index (χ0) is 12.0. The van der Waals surface area contributed by atoms with E-state index in [-0.39, 0.29) is 12.0 Å². The Morgan fingerprint density at radius 1 is 1.44 bits per heavy atom. The van der Waals surface area contributed by atoms with Gasteiger partial charge in [0.25, 0.3) is 0 Å². The SMILES string of the molecule is CCN(CC)C(=O)CCCN1CCC(O)C1. The molecule has 1 fully saturated rings. The van der Waals surface area contributed by atoms with Crippen LogP contribution in [-0.4, -0.2) is 59.6 Å². The van der Waals surface area contributed by atoms with E-state index in [0.717, 1.165) is 45.6 Å². The van der Waals surface area contributed by atoms with E-state index in [1.807, 2.05) is 18.7 Å². The molecule has 0 bridgehead atoms. The fraction of sp³-hybridized carbons (Fsp3) is 0.917. The Bertz CT molecular complexity index is 217. The first-order valence-electron chi connectivity index (χ1n) is 6.35. The van der Waals surface area contributed by atoms with Crippen LogP contribution >= 0.6 is 0 Å². The summed E-state index contributed by atoms with van der Waals surface area (Å²) in [5.41, 5.74) is 0. The minimum absolute atomic E-state index is 0.154. The van der Waals surface area contributed by atoms with Gasteiger partial charge in [-0.1, -0.05) is 0 Å². The molecule has 1 saturated heterocycles. The van der Waals surface area contributed by atoms with Crippen molar-refractivity contribution in [3.05, 3.63) is 0 Å². The molecule has 1 aliphatic heterocycles. The number of hydrogen-bond acceptors (Lipinski definition) is 3. The van der Waals surface area contributed by atoms with Crippen molar-refractivity contribution in [2.45, 2.75) is 39.2 Å². The number of carbonyl (C=O) groups excluding carboxylic acids is 1. The molecule has 1 N–H and O–H groups in total. The predicted molar refractivity (Wildman–Crippen MR) is 64.2 cm³/mol. The summed E-state index contributed by atoms with van der Waals surface area (Å²) >= 11 is 0. The van der Waals surface area contributed by atoms with E-state index < -0.39 is 0 Å². The third-order valence-electron chi connectivity index (χ3n) is 3.23. The van der Waals surface area contributed by atoms with Gasteiger partial charge in [0.15, 0.2) is 0 Å². The highest BCUT2D eigenvalue weighted by Crippen LogP contribution is 2.09. The van der Waals surface area contributed by atoms with Gasteiger partial charge in [0, 0.05) is 32.6 Å². The quantitative estimate of drug-likeness (QED) is 0.728.